The molecule has 6 nitrogen and oxygen atoms in total. The average molecular weight is 459 g/mol. The van der Waals surface area contributed by atoms with E-state index in [-0.39, 0.29) is 6.61 Å². The number of nitrogens with one attached hydrogen (secondary N) is 1. The van der Waals surface area contributed by atoms with Crippen molar-refractivity contribution >= 4 is 11.7 Å². The first-order valence-electron chi connectivity index (χ1n) is 11.4. The normalized spacial score (nSPS) is 14.8. The molecule has 34 heavy (non-hydrogen) atoms. The third-order valence-corrected chi connectivity index (χ3v) is 5.98. The van der Waals surface area contributed by atoms with E-state index in [4.69, 9.17) is 14.2 Å². The highest BCUT2D eigenvalue weighted by molar-refractivity contribution is 5.95. The van der Waals surface area contributed by atoms with Crippen molar-refractivity contribution in [3.8, 4) is 11.6 Å². The quantitative estimate of drug-likeness (QED) is 0.459. The van der Waals surface area contributed by atoms with Gasteiger partial charge in [-0.05, 0) is 50.5 Å². The molecule has 1 aliphatic rings. The van der Waals surface area contributed by atoms with E-state index in [0.29, 0.717) is 23.8 Å². The fourth-order valence-electron chi connectivity index (χ4n) is 4.35. The van der Waals surface area contributed by atoms with Gasteiger partial charge in [-0.2, -0.15) is 0 Å². The van der Waals surface area contributed by atoms with Gasteiger partial charge in [0.1, 0.15) is 12.4 Å². The molecule has 1 atom stereocenters. The molecule has 1 unspecified atom stereocenters. The minimum atomic E-state index is -0.468. The number of carbonyl (C=O) groups is 1. The molecule has 0 spiro atoms. The second-order valence-corrected chi connectivity index (χ2v) is 8.37. The van der Waals surface area contributed by atoms with Gasteiger partial charge in [-0.1, -0.05) is 42.5 Å². The first-order valence-corrected chi connectivity index (χ1v) is 11.4. The van der Waals surface area contributed by atoms with Crippen LogP contribution in [0.15, 0.2) is 66.0 Å². The number of aromatic nitrogens is 1. The van der Waals surface area contributed by atoms with Crippen molar-refractivity contribution in [1.29, 1.82) is 0 Å². The number of carbonyl (C=O) groups excluding carboxylic acids is 1. The van der Waals surface area contributed by atoms with Crippen molar-refractivity contribution in [2.45, 2.75) is 40.2 Å². The lowest BCUT2D eigenvalue weighted by Gasteiger charge is -2.32. The summed E-state index contributed by atoms with van der Waals surface area (Å²) in [5, 5.41) is 3.42. The lowest BCUT2D eigenvalue weighted by molar-refractivity contribution is -0.140. The van der Waals surface area contributed by atoms with E-state index in [1.807, 2.05) is 76.2 Å². The van der Waals surface area contributed by atoms with Crippen LogP contribution in [0.1, 0.15) is 47.6 Å². The molecule has 0 saturated carbocycles. The summed E-state index contributed by atoms with van der Waals surface area (Å²) in [5.74, 6) is 0.326. The highest BCUT2D eigenvalue weighted by Crippen LogP contribution is 2.49. The Morgan fingerprint density at radius 1 is 1.09 bits per heavy atom. The van der Waals surface area contributed by atoms with Crippen LogP contribution in [0.4, 0.5) is 5.69 Å². The summed E-state index contributed by atoms with van der Waals surface area (Å²) >= 11 is 0. The minimum absolute atomic E-state index is 0.186. The first-order chi connectivity index (χ1) is 16.4. The molecule has 0 aliphatic carbocycles. The van der Waals surface area contributed by atoms with Gasteiger partial charge >= 0.3 is 5.97 Å². The Morgan fingerprint density at radius 2 is 1.85 bits per heavy atom. The maximum atomic E-state index is 13.6. The number of esters is 1. The highest BCUT2D eigenvalue weighted by Gasteiger charge is 2.38. The number of ether oxygens (including phenoxy) is 3. The molecule has 0 radical (unpaired) electrons. The molecule has 1 aliphatic heterocycles. The zero-order valence-electron chi connectivity index (χ0n) is 20.3. The summed E-state index contributed by atoms with van der Waals surface area (Å²) in [7, 11) is 1.64. The Morgan fingerprint density at radius 3 is 2.56 bits per heavy atom. The number of pyridine rings is 1. The number of fused-ring (bicyclic) bond motifs is 1. The minimum Gasteiger partial charge on any atom is -0.496 e. The fraction of sp³-hybridized carbons (Fsp3) is 0.286. The monoisotopic (exact) mass is 458 g/mol. The standard InChI is InChI=1S/C28H30N2O4/c1-6-33-27-25-24(21-13-12-17(2)14-22(21)32-5)23(19(4)30-26(25)18(3)15-29-27)28(31)34-16-20-10-8-7-9-11-20/h7-15,24,30H,6,16H2,1-5H3. The summed E-state index contributed by atoms with van der Waals surface area (Å²) < 4.78 is 17.5. The van der Waals surface area contributed by atoms with Crippen LogP contribution in [0.3, 0.4) is 0 Å². The Labute approximate surface area is 200 Å². The molecule has 1 aromatic heterocycles. The highest BCUT2D eigenvalue weighted by atomic mass is 16.5. The first kappa shape index (κ1) is 23.4. The Balaban J connectivity index is 1.86. The molecule has 0 fully saturated rings. The lowest BCUT2D eigenvalue weighted by Crippen LogP contribution is -2.26. The summed E-state index contributed by atoms with van der Waals surface area (Å²) in [4.78, 5) is 18.1. The second kappa shape index (κ2) is 10.00. The van der Waals surface area contributed by atoms with Crippen LogP contribution < -0.4 is 14.8 Å². The van der Waals surface area contributed by atoms with Gasteiger partial charge in [0.05, 0.1) is 36.5 Å². The van der Waals surface area contributed by atoms with Crippen molar-refractivity contribution in [2.75, 3.05) is 19.0 Å². The third kappa shape index (κ3) is 4.49. The van der Waals surface area contributed by atoms with Gasteiger partial charge < -0.3 is 19.5 Å². The number of aryl methyl sites for hydroxylation is 2. The molecule has 176 valence electrons. The zero-order valence-corrected chi connectivity index (χ0v) is 20.3. The third-order valence-electron chi connectivity index (χ3n) is 5.98. The SMILES string of the molecule is CCOc1ncc(C)c2c1C(c1ccc(C)cc1OC)C(C(=O)OCc1ccccc1)=C(C)N2. The molecule has 0 bridgehead atoms. The van der Waals surface area contributed by atoms with E-state index in [9.17, 15) is 4.79 Å². The van der Waals surface area contributed by atoms with Gasteiger partial charge in [-0.3, -0.25) is 0 Å². The molecule has 1 N–H and O–H groups in total. The molecule has 0 saturated heterocycles. The van der Waals surface area contributed by atoms with Gasteiger partial charge in [-0.25, -0.2) is 9.78 Å². The summed E-state index contributed by atoms with van der Waals surface area (Å²) in [6.45, 7) is 8.46. The lowest BCUT2D eigenvalue weighted by atomic mass is 9.79. The predicted molar refractivity (Wildman–Crippen MR) is 132 cm³/mol. The van der Waals surface area contributed by atoms with Crippen molar-refractivity contribution in [3.63, 3.8) is 0 Å². The molecular formula is C28H30N2O4. The van der Waals surface area contributed by atoms with E-state index in [2.05, 4.69) is 10.3 Å². The van der Waals surface area contributed by atoms with Gasteiger partial charge in [0, 0.05) is 17.5 Å². The second-order valence-electron chi connectivity index (χ2n) is 8.37. The largest absolute Gasteiger partial charge is 0.496 e. The molecule has 3 aromatic rings. The smallest absolute Gasteiger partial charge is 0.337 e. The van der Waals surface area contributed by atoms with Gasteiger partial charge in [0.15, 0.2) is 0 Å². The van der Waals surface area contributed by atoms with Crippen LogP contribution in [-0.2, 0) is 16.1 Å². The molecule has 0 amide bonds. The van der Waals surface area contributed by atoms with Gasteiger partial charge in [0.25, 0.3) is 0 Å². The van der Waals surface area contributed by atoms with Crippen molar-refractivity contribution in [3.05, 3.63) is 93.8 Å². The number of nitrogens with zero attached hydrogens (tertiary/aromatic N) is 1. The van der Waals surface area contributed by atoms with Gasteiger partial charge in [-0.15, -0.1) is 0 Å². The number of anilines is 1. The summed E-state index contributed by atoms with van der Waals surface area (Å²) in [6, 6.07) is 15.7. The number of rotatable bonds is 7. The zero-order chi connectivity index (χ0) is 24.2. The van der Waals surface area contributed by atoms with Gasteiger partial charge in [0.2, 0.25) is 5.88 Å². The van der Waals surface area contributed by atoms with Crippen molar-refractivity contribution in [2.24, 2.45) is 0 Å². The molecule has 2 heterocycles. The van der Waals surface area contributed by atoms with E-state index in [1.54, 1.807) is 13.3 Å². The van der Waals surface area contributed by atoms with Crippen LogP contribution in [0.25, 0.3) is 0 Å². The predicted octanol–water partition coefficient (Wildman–Crippen LogP) is 5.68. The van der Waals surface area contributed by atoms with E-state index >= 15 is 0 Å². The Hall–Kier alpha value is -3.80. The molecule has 6 heteroatoms. The topological polar surface area (TPSA) is 69.7 Å². The van der Waals surface area contributed by atoms with Crippen molar-refractivity contribution < 1.29 is 19.0 Å². The molecular weight excluding hydrogens is 428 g/mol. The van der Waals surface area contributed by atoms with E-state index in [1.165, 1.54) is 0 Å². The maximum Gasteiger partial charge on any atom is 0.337 e. The molecule has 4 rings (SSSR count). The van der Waals surface area contributed by atoms with E-state index < -0.39 is 11.9 Å². The Kier molecular flexibility index (Phi) is 6.87. The van der Waals surface area contributed by atoms with Crippen LogP contribution >= 0.6 is 0 Å². The summed E-state index contributed by atoms with van der Waals surface area (Å²) in [5.41, 5.74) is 6.76. The van der Waals surface area contributed by atoms with Crippen LogP contribution in [0.2, 0.25) is 0 Å². The van der Waals surface area contributed by atoms with Crippen LogP contribution in [0, 0.1) is 13.8 Å². The van der Waals surface area contributed by atoms with Crippen LogP contribution in [0.5, 0.6) is 11.6 Å². The number of hydrogen-bond acceptors (Lipinski definition) is 6. The number of methoxy groups -OCH3 is 1. The number of hydrogen-bond donors (Lipinski definition) is 1. The summed E-state index contributed by atoms with van der Waals surface area (Å²) in [6.07, 6.45) is 1.78. The van der Waals surface area contributed by atoms with E-state index in [0.717, 1.165) is 39.2 Å². The van der Waals surface area contributed by atoms with Crippen molar-refractivity contribution in [1.82, 2.24) is 4.98 Å². The number of allylic oxidation sites excluding steroid dienone is 1. The number of benzene rings is 2. The Bertz CT molecular complexity index is 1230. The maximum absolute atomic E-state index is 13.6. The fourth-order valence-corrected chi connectivity index (χ4v) is 4.35. The molecule has 2 aromatic carbocycles. The average Bonchev–Trinajstić information content (AvgIpc) is 2.84. The van der Waals surface area contributed by atoms with Crippen LogP contribution in [-0.4, -0.2) is 24.7 Å².